The minimum absolute atomic E-state index is 0.144. The van der Waals surface area contributed by atoms with Crippen molar-refractivity contribution in [2.24, 2.45) is 0 Å². The van der Waals surface area contributed by atoms with Crippen LogP contribution in [0.15, 0.2) is 18.5 Å². The van der Waals surface area contributed by atoms with Gasteiger partial charge in [-0.3, -0.25) is 4.98 Å². The van der Waals surface area contributed by atoms with Gasteiger partial charge in [0.1, 0.15) is 11.9 Å². The minimum atomic E-state index is -0.807. The molecular weight excluding hydrogens is 161 g/mol. The molecule has 0 aliphatic carbocycles. The maximum atomic E-state index is 12.6. The van der Waals surface area contributed by atoms with Gasteiger partial charge in [-0.05, 0) is 6.07 Å². The lowest BCUT2D eigenvalue weighted by atomic mass is 10.2. The zero-order valence-corrected chi connectivity index (χ0v) is 6.70. The first kappa shape index (κ1) is 9.09. The third-order valence-corrected chi connectivity index (χ3v) is 1.44. The van der Waals surface area contributed by atoms with Gasteiger partial charge in [-0.1, -0.05) is 0 Å². The average Bonchev–Trinajstić information content (AvgIpc) is 2.05. The number of pyridine rings is 1. The summed E-state index contributed by atoms with van der Waals surface area (Å²) in [5.41, 5.74) is 0.428. The molecule has 0 radical (unpaired) electrons. The summed E-state index contributed by atoms with van der Waals surface area (Å²) in [6.07, 6.45) is 1.69. The Balaban J connectivity index is 2.73. The van der Waals surface area contributed by atoms with Crippen molar-refractivity contribution in [1.82, 2.24) is 4.98 Å². The Hall–Kier alpha value is -1.00. The smallest absolute Gasteiger partial charge is 0.141 e. The largest absolute Gasteiger partial charge is 0.386 e. The van der Waals surface area contributed by atoms with E-state index in [1.165, 1.54) is 19.4 Å². The summed E-state index contributed by atoms with van der Waals surface area (Å²) in [7, 11) is 1.47. The quantitative estimate of drug-likeness (QED) is 0.734. The predicted molar refractivity (Wildman–Crippen MR) is 41.0 cm³/mol. The molecule has 66 valence electrons. The van der Waals surface area contributed by atoms with Crippen LogP contribution < -0.4 is 0 Å². The van der Waals surface area contributed by atoms with Gasteiger partial charge in [0.15, 0.2) is 0 Å². The number of aliphatic hydroxyl groups is 1. The van der Waals surface area contributed by atoms with E-state index in [0.29, 0.717) is 5.56 Å². The summed E-state index contributed by atoms with van der Waals surface area (Å²) < 4.78 is 17.3. The molecule has 1 heterocycles. The average molecular weight is 171 g/mol. The predicted octanol–water partition coefficient (Wildman–Crippen LogP) is 0.901. The van der Waals surface area contributed by atoms with E-state index < -0.39 is 11.9 Å². The van der Waals surface area contributed by atoms with Gasteiger partial charge in [0.05, 0.1) is 12.8 Å². The number of hydrogen-bond acceptors (Lipinski definition) is 3. The number of ether oxygens (including phenoxy) is 1. The van der Waals surface area contributed by atoms with Crippen LogP contribution in [0.3, 0.4) is 0 Å². The summed E-state index contributed by atoms with van der Waals surface area (Å²) in [6.45, 7) is 0.144. The van der Waals surface area contributed by atoms with Crippen LogP contribution in [0.5, 0.6) is 0 Å². The van der Waals surface area contributed by atoms with E-state index in [1.807, 2.05) is 0 Å². The van der Waals surface area contributed by atoms with Crippen molar-refractivity contribution >= 4 is 0 Å². The Bertz CT molecular complexity index is 255. The number of aliphatic hydroxyl groups excluding tert-OH is 1. The number of methoxy groups -OCH3 is 1. The SMILES string of the molecule is COCC(O)c1cncc(F)c1. The molecule has 0 saturated carbocycles. The van der Waals surface area contributed by atoms with E-state index in [1.54, 1.807) is 0 Å². The molecule has 1 N–H and O–H groups in total. The van der Waals surface area contributed by atoms with E-state index >= 15 is 0 Å². The lowest BCUT2D eigenvalue weighted by molar-refractivity contribution is 0.0640. The maximum absolute atomic E-state index is 12.6. The molecule has 1 aromatic rings. The fraction of sp³-hybridized carbons (Fsp3) is 0.375. The van der Waals surface area contributed by atoms with Crippen LogP contribution in [-0.4, -0.2) is 23.8 Å². The summed E-state index contributed by atoms with van der Waals surface area (Å²) >= 11 is 0. The second-order valence-electron chi connectivity index (χ2n) is 2.41. The van der Waals surface area contributed by atoms with Crippen LogP contribution in [0.1, 0.15) is 11.7 Å². The van der Waals surface area contributed by atoms with Gasteiger partial charge in [-0.25, -0.2) is 4.39 Å². The lowest BCUT2D eigenvalue weighted by Gasteiger charge is -2.08. The molecule has 0 aromatic carbocycles. The van der Waals surface area contributed by atoms with Crippen molar-refractivity contribution in [2.45, 2.75) is 6.10 Å². The summed E-state index contributed by atoms with van der Waals surface area (Å²) in [5.74, 6) is -0.456. The number of hydrogen-bond donors (Lipinski definition) is 1. The standard InChI is InChI=1S/C8H10FNO2/c1-12-5-8(11)6-2-7(9)4-10-3-6/h2-4,8,11H,5H2,1H3. The van der Waals surface area contributed by atoms with Crippen molar-refractivity contribution in [3.05, 3.63) is 29.8 Å². The fourth-order valence-corrected chi connectivity index (χ4v) is 0.865. The third-order valence-electron chi connectivity index (χ3n) is 1.44. The number of halogens is 1. The van der Waals surface area contributed by atoms with E-state index in [-0.39, 0.29) is 6.61 Å². The van der Waals surface area contributed by atoms with E-state index in [9.17, 15) is 9.50 Å². The van der Waals surface area contributed by atoms with Crippen molar-refractivity contribution in [1.29, 1.82) is 0 Å². The van der Waals surface area contributed by atoms with Gasteiger partial charge in [-0.15, -0.1) is 0 Å². The molecule has 1 rings (SSSR count). The molecule has 0 fully saturated rings. The van der Waals surface area contributed by atoms with Crippen molar-refractivity contribution in [3.63, 3.8) is 0 Å². The molecule has 0 spiro atoms. The van der Waals surface area contributed by atoms with Crippen molar-refractivity contribution in [3.8, 4) is 0 Å². The van der Waals surface area contributed by atoms with Crippen LogP contribution in [0.25, 0.3) is 0 Å². The van der Waals surface area contributed by atoms with Gasteiger partial charge in [0.2, 0.25) is 0 Å². The van der Waals surface area contributed by atoms with Gasteiger partial charge < -0.3 is 9.84 Å². The molecule has 0 amide bonds. The molecule has 1 unspecified atom stereocenters. The highest BCUT2D eigenvalue weighted by Crippen LogP contribution is 2.11. The highest BCUT2D eigenvalue weighted by molar-refractivity contribution is 5.13. The second-order valence-corrected chi connectivity index (χ2v) is 2.41. The molecule has 4 heteroatoms. The molecule has 3 nitrogen and oxygen atoms in total. The Morgan fingerprint density at radius 2 is 2.42 bits per heavy atom. The van der Waals surface area contributed by atoms with E-state index in [4.69, 9.17) is 4.74 Å². The molecule has 1 atom stereocenters. The molecule has 0 bridgehead atoms. The zero-order valence-electron chi connectivity index (χ0n) is 6.70. The van der Waals surface area contributed by atoms with Crippen molar-refractivity contribution in [2.75, 3.05) is 13.7 Å². The fourth-order valence-electron chi connectivity index (χ4n) is 0.865. The van der Waals surface area contributed by atoms with Crippen LogP contribution in [0, 0.1) is 5.82 Å². The van der Waals surface area contributed by atoms with E-state index in [0.717, 1.165) is 6.20 Å². The highest BCUT2D eigenvalue weighted by Gasteiger charge is 2.07. The number of nitrogens with zero attached hydrogens (tertiary/aromatic N) is 1. The van der Waals surface area contributed by atoms with Gasteiger partial charge in [-0.2, -0.15) is 0 Å². The third kappa shape index (κ3) is 2.25. The van der Waals surface area contributed by atoms with Gasteiger partial charge in [0, 0.05) is 18.9 Å². The van der Waals surface area contributed by atoms with Crippen LogP contribution in [0.4, 0.5) is 4.39 Å². The molecule has 0 aliphatic heterocycles. The first-order valence-corrected chi connectivity index (χ1v) is 3.51. The molecule has 0 aliphatic rings. The summed E-state index contributed by atoms with van der Waals surface area (Å²) in [6, 6.07) is 1.23. The first-order valence-electron chi connectivity index (χ1n) is 3.51. The van der Waals surface area contributed by atoms with Gasteiger partial charge in [0.25, 0.3) is 0 Å². The first-order chi connectivity index (χ1) is 5.74. The van der Waals surface area contributed by atoms with E-state index in [2.05, 4.69) is 4.98 Å². The normalized spacial score (nSPS) is 12.9. The molecule has 0 saturated heterocycles. The minimum Gasteiger partial charge on any atom is -0.386 e. The highest BCUT2D eigenvalue weighted by atomic mass is 19.1. The topological polar surface area (TPSA) is 42.4 Å². The van der Waals surface area contributed by atoms with Crippen LogP contribution in [-0.2, 0) is 4.74 Å². The number of rotatable bonds is 3. The van der Waals surface area contributed by atoms with Gasteiger partial charge >= 0.3 is 0 Å². The van der Waals surface area contributed by atoms with Crippen molar-refractivity contribution < 1.29 is 14.2 Å². The molecular formula is C8H10FNO2. The Morgan fingerprint density at radius 3 is 3.00 bits per heavy atom. The molecule has 1 aromatic heterocycles. The second kappa shape index (κ2) is 4.13. The Kier molecular flexibility index (Phi) is 3.13. The molecule has 12 heavy (non-hydrogen) atoms. The summed E-state index contributed by atoms with van der Waals surface area (Å²) in [4.78, 5) is 3.60. The summed E-state index contributed by atoms with van der Waals surface area (Å²) in [5, 5.41) is 9.31. The Morgan fingerprint density at radius 1 is 1.67 bits per heavy atom. The number of aromatic nitrogens is 1. The monoisotopic (exact) mass is 171 g/mol. The van der Waals surface area contributed by atoms with Crippen LogP contribution >= 0.6 is 0 Å². The maximum Gasteiger partial charge on any atom is 0.141 e. The zero-order chi connectivity index (χ0) is 8.97. The van der Waals surface area contributed by atoms with Crippen LogP contribution in [0.2, 0.25) is 0 Å². The Labute approximate surface area is 69.8 Å². The lowest BCUT2D eigenvalue weighted by Crippen LogP contribution is -2.05.